The minimum Gasteiger partial charge on any atom is -0.382 e. The van der Waals surface area contributed by atoms with Gasteiger partial charge in [0.05, 0.1) is 0 Å². The van der Waals surface area contributed by atoms with Crippen LogP contribution in [0.5, 0.6) is 0 Å². The first-order valence-corrected chi connectivity index (χ1v) is 11.0. The summed E-state index contributed by atoms with van der Waals surface area (Å²) < 4.78 is 64.2. The van der Waals surface area contributed by atoms with Crippen molar-refractivity contribution >= 4 is 38.8 Å². The number of halogens is 3. The van der Waals surface area contributed by atoms with Gasteiger partial charge in [0.2, 0.25) is 0 Å². The number of benzene rings is 1. The van der Waals surface area contributed by atoms with Crippen LogP contribution in [0.4, 0.5) is 18.9 Å². The Balaban J connectivity index is 1.59. The lowest BCUT2D eigenvalue weighted by molar-refractivity contribution is -0.0328. The van der Waals surface area contributed by atoms with Crippen molar-refractivity contribution in [2.24, 2.45) is 0 Å². The summed E-state index contributed by atoms with van der Waals surface area (Å²) in [7, 11) is -3.45. The Kier molecular flexibility index (Phi) is 5.85. The zero-order valence-corrected chi connectivity index (χ0v) is 16.0. The van der Waals surface area contributed by atoms with Crippen LogP contribution in [0.15, 0.2) is 50.9 Å². The number of hydrogen-bond acceptors (Lipinski definition) is 5. The van der Waals surface area contributed by atoms with Crippen LogP contribution in [0.3, 0.4) is 0 Å². The van der Waals surface area contributed by atoms with E-state index in [9.17, 15) is 21.6 Å². The largest absolute Gasteiger partial charge is 0.446 e. The highest BCUT2D eigenvalue weighted by Crippen LogP contribution is 2.37. The van der Waals surface area contributed by atoms with Crippen molar-refractivity contribution in [1.29, 1.82) is 0 Å². The molecular formula is C16H17F3N2O2S3. The molecule has 2 aromatic rings. The van der Waals surface area contributed by atoms with Crippen molar-refractivity contribution < 1.29 is 21.6 Å². The van der Waals surface area contributed by atoms with Crippen LogP contribution in [0.1, 0.15) is 12.8 Å². The first kappa shape index (κ1) is 19.5. The number of hydrogen-bond donors (Lipinski definition) is 1. The quantitative estimate of drug-likeness (QED) is 0.714. The fourth-order valence-corrected chi connectivity index (χ4v) is 6.01. The molecule has 10 heteroatoms. The monoisotopic (exact) mass is 422 g/mol. The highest BCUT2D eigenvalue weighted by Gasteiger charge is 2.31. The zero-order chi connectivity index (χ0) is 18.8. The third-order valence-electron chi connectivity index (χ3n) is 3.98. The van der Waals surface area contributed by atoms with E-state index < -0.39 is 15.5 Å². The van der Waals surface area contributed by atoms with Gasteiger partial charge in [0, 0.05) is 29.7 Å². The summed E-state index contributed by atoms with van der Waals surface area (Å²) in [6, 6.07) is 9.50. The lowest BCUT2D eigenvalue weighted by Crippen LogP contribution is -2.42. The van der Waals surface area contributed by atoms with E-state index in [0.29, 0.717) is 35.8 Å². The fourth-order valence-electron chi connectivity index (χ4n) is 2.80. The van der Waals surface area contributed by atoms with E-state index >= 15 is 0 Å². The Hall–Kier alpha value is -1.23. The summed E-state index contributed by atoms with van der Waals surface area (Å²) in [6.45, 7) is 0.768. The van der Waals surface area contributed by atoms with Crippen molar-refractivity contribution in [3.05, 3.63) is 41.8 Å². The maximum atomic E-state index is 12.5. The number of nitrogens with one attached hydrogen (secondary N) is 1. The van der Waals surface area contributed by atoms with Crippen molar-refractivity contribution in [1.82, 2.24) is 4.31 Å². The third kappa shape index (κ3) is 4.93. The molecule has 1 aromatic heterocycles. The lowest BCUT2D eigenvalue weighted by atomic mass is 10.1. The van der Waals surface area contributed by atoms with E-state index in [4.69, 9.17) is 0 Å². The molecule has 142 valence electrons. The average molecular weight is 423 g/mol. The predicted molar refractivity (Wildman–Crippen MR) is 98.1 cm³/mol. The Bertz CT molecular complexity index is 831. The van der Waals surface area contributed by atoms with Gasteiger partial charge in [0.15, 0.2) is 0 Å². The Morgan fingerprint density at radius 2 is 1.88 bits per heavy atom. The van der Waals surface area contributed by atoms with Gasteiger partial charge in [-0.3, -0.25) is 0 Å². The summed E-state index contributed by atoms with van der Waals surface area (Å²) >= 11 is 1.05. The van der Waals surface area contributed by atoms with Gasteiger partial charge < -0.3 is 5.32 Å². The Labute approximate surface area is 158 Å². The molecule has 0 amide bonds. The Morgan fingerprint density at radius 1 is 1.15 bits per heavy atom. The molecule has 1 aromatic carbocycles. The summed E-state index contributed by atoms with van der Waals surface area (Å²) in [4.78, 5) is 0.125. The summed E-state index contributed by atoms with van der Waals surface area (Å²) in [5, 5.41) is 4.94. The zero-order valence-electron chi connectivity index (χ0n) is 13.6. The molecule has 0 atom stereocenters. The number of nitrogens with zero attached hydrogens (tertiary/aromatic N) is 1. The van der Waals surface area contributed by atoms with Gasteiger partial charge in [-0.2, -0.15) is 17.5 Å². The molecule has 0 spiro atoms. The van der Waals surface area contributed by atoms with Gasteiger partial charge in [0.1, 0.15) is 4.21 Å². The highest BCUT2D eigenvalue weighted by atomic mass is 32.2. The summed E-state index contributed by atoms with van der Waals surface area (Å²) in [6.07, 6.45) is 1.20. The molecule has 3 rings (SSSR count). The normalized spacial score (nSPS) is 17.3. The number of alkyl halides is 3. The average Bonchev–Trinajstić information content (AvgIpc) is 3.09. The van der Waals surface area contributed by atoms with E-state index in [1.807, 2.05) is 0 Å². The molecule has 0 aliphatic carbocycles. The van der Waals surface area contributed by atoms with E-state index in [0.717, 1.165) is 0 Å². The molecule has 0 saturated carbocycles. The van der Waals surface area contributed by atoms with Crippen LogP contribution in [-0.2, 0) is 10.0 Å². The maximum Gasteiger partial charge on any atom is 0.446 e. The third-order valence-corrected chi connectivity index (χ3v) is 7.97. The van der Waals surface area contributed by atoms with Gasteiger partial charge >= 0.3 is 5.51 Å². The minimum absolute atomic E-state index is 0.0240. The standard InChI is InChI=1S/C16H17F3N2O2S3/c17-16(18,19)25-14-4-1-3-13(11-14)20-12-6-8-21(9-7-12)26(22,23)15-5-2-10-24-15/h1-5,10-12,20H,6-9H2. The molecule has 0 bridgehead atoms. The van der Waals surface area contributed by atoms with Crippen LogP contribution < -0.4 is 5.32 Å². The topological polar surface area (TPSA) is 49.4 Å². The molecule has 1 saturated heterocycles. The lowest BCUT2D eigenvalue weighted by Gasteiger charge is -2.31. The molecule has 0 radical (unpaired) electrons. The summed E-state index contributed by atoms with van der Waals surface area (Å²) in [5.41, 5.74) is -3.71. The second kappa shape index (κ2) is 7.79. The van der Waals surface area contributed by atoms with Crippen LogP contribution in [0, 0.1) is 0 Å². The summed E-state index contributed by atoms with van der Waals surface area (Å²) in [5.74, 6) is 0. The van der Waals surface area contributed by atoms with Crippen LogP contribution in [0.2, 0.25) is 0 Å². The molecule has 4 nitrogen and oxygen atoms in total. The van der Waals surface area contributed by atoms with Gasteiger partial charge in [-0.25, -0.2) is 8.42 Å². The van der Waals surface area contributed by atoms with Crippen molar-refractivity contribution in [2.75, 3.05) is 18.4 Å². The maximum absolute atomic E-state index is 12.5. The molecule has 26 heavy (non-hydrogen) atoms. The van der Waals surface area contributed by atoms with Crippen LogP contribution in [-0.4, -0.2) is 37.4 Å². The number of rotatable bonds is 5. The molecule has 1 N–H and O–H groups in total. The van der Waals surface area contributed by atoms with E-state index in [1.54, 1.807) is 29.6 Å². The number of anilines is 1. The van der Waals surface area contributed by atoms with Crippen molar-refractivity contribution in [3.8, 4) is 0 Å². The van der Waals surface area contributed by atoms with Gasteiger partial charge in [-0.05, 0) is 54.2 Å². The van der Waals surface area contributed by atoms with E-state index in [1.165, 1.54) is 27.8 Å². The first-order chi connectivity index (χ1) is 12.2. The molecular weight excluding hydrogens is 405 g/mol. The van der Waals surface area contributed by atoms with E-state index in [2.05, 4.69) is 5.32 Å². The number of piperidine rings is 1. The number of thiophene rings is 1. The van der Waals surface area contributed by atoms with Crippen LogP contribution >= 0.6 is 23.1 Å². The van der Waals surface area contributed by atoms with Crippen molar-refractivity contribution in [2.45, 2.75) is 33.5 Å². The molecule has 2 heterocycles. The smallest absolute Gasteiger partial charge is 0.382 e. The second-order valence-corrected chi connectivity index (χ2v) is 10.1. The molecule has 1 fully saturated rings. The molecule has 1 aliphatic heterocycles. The molecule has 0 unspecified atom stereocenters. The van der Waals surface area contributed by atoms with Gasteiger partial charge in [0.25, 0.3) is 10.0 Å². The number of thioether (sulfide) groups is 1. The first-order valence-electron chi connectivity index (χ1n) is 7.90. The highest BCUT2D eigenvalue weighted by molar-refractivity contribution is 8.00. The predicted octanol–water partition coefficient (Wildman–Crippen LogP) is 4.63. The van der Waals surface area contributed by atoms with E-state index in [-0.39, 0.29) is 22.7 Å². The number of sulfonamides is 1. The van der Waals surface area contributed by atoms with Gasteiger partial charge in [-0.1, -0.05) is 12.1 Å². The van der Waals surface area contributed by atoms with Crippen molar-refractivity contribution in [3.63, 3.8) is 0 Å². The second-order valence-electron chi connectivity index (χ2n) is 5.83. The minimum atomic E-state index is -4.32. The SMILES string of the molecule is O=S(=O)(c1cccs1)N1CCC(Nc2cccc(SC(F)(F)F)c2)CC1. The fraction of sp³-hybridized carbons (Fsp3) is 0.375. The van der Waals surface area contributed by atoms with Gasteiger partial charge in [-0.15, -0.1) is 11.3 Å². The van der Waals surface area contributed by atoms with Crippen LogP contribution in [0.25, 0.3) is 0 Å². The molecule has 1 aliphatic rings. The Morgan fingerprint density at radius 3 is 2.50 bits per heavy atom.